The van der Waals surface area contributed by atoms with E-state index in [1.165, 1.54) is 9.80 Å². The molecule has 132 valence electrons. The minimum Gasteiger partial charge on any atom is -0.378 e. The highest BCUT2D eigenvalue weighted by Crippen LogP contribution is 2.28. The number of rotatable bonds is 3. The monoisotopic (exact) mass is 338 g/mol. The van der Waals surface area contributed by atoms with Crippen molar-refractivity contribution in [2.75, 3.05) is 39.4 Å². The third kappa shape index (κ3) is 3.28. The molecule has 1 unspecified atom stereocenters. The molecule has 1 aromatic heterocycles. The van der Waals surface area contributed by atoms with Crippen LogP contribution in [0.2, 0.25) is 0 Å². The van der Waals surface area contributed by atoms with Crippen molar-refractivity contribution in [3.05, 3.63) is 18.0 Å². The Bertz CT molecular complexity index is 614. The standard InChI is InChI=1S/C16H23FN4O3/c1-2-21-7-4-13(18-21)14(22)20-6-3-5-16(17,12-20)15(23)19-8-10-24-11-9-19/h4,7H,2-3,5-6,8-12H2,1H3. The summed E-state index contributed by atoms with van der Waals surface area (Å²) in [6.45, 7) is 4.49. The van der Waals surface area contributed by atoms with Crippen LogP contribution in [-0.2, 0) is 16.1 Å². The zero-order valence-corrected chi connectivity index (χ0v) is 13.9. The van der Waals surface area contributed by atoms with E-state index in [4.69, 9.17) is 4.74 Å². The molecule has 0 N–H and O–H groups in total. The molecule has 2 saturated heterocycles. The molecule has 2 fully saturated rings. The Morgan fingerprint density at radius 2 is 2.04 bits per heavy atom. The van der Waals surface area contributed by atoms with Crippen molar-refractivity contribution in [1.82, 2.24) is 19.6 Å². The van der Waals surface area contributed by atoms with E-state index in [2.05, 4.69) is 5.10 Å². The molecule has 2 amide bonds. The van der Waals surface area contributed by atoms with E-state index in [-0.39, 0.29) is 18.9 Å². The molecule has 0 spiro atoms. The van der Waals surface area contributed by atoms with Crippen LogP contribution in [0.1, 0.15) is 30.3 Å². The van der Waals surface area contributed by atoms with Crippen molar-refractivity contribution in [2.24, 2.45) is 0 Å². The second-order valence-electron chi connectivity index (χ2n) is 6.26. The quantitative estimate of drug-likeness (QED) is 0.814. The molecule has 3 heterocycles. The van der Waals surface area contributed by atoms with Crippen LogP contribution in [0.4, 0.5) is 4.39 Å². The first kappa shape index (κ1) is 16.9. The van der Waals surface area contributed by atoms with Crippen LogP contribution in [0.15, 0.2) is 12.3 Å². The molecule has 3 rings (SSSR count). The lowest BCUT2D eigenvalue weighted by molar-refractivity contribution is -0.151. The third-order valence-corrected chi connectivity index (χ3v) is 4.60. The minimum absolute atomic E-state index is 0.149. The Balaban J connectivity index is 1.70. The number of morpholine rings is 1. The van der Waals surface area contributed by atoms with Crippen LogP contribution < -0.4 is 0 Å². The molecule has 0 aliphatic carbocycles. The summed E-state index contributed by atoms with van der Waals surface area (Å²) in [4.78, 5) is 28.0. The predicted molar refractivity (Wildman–Crippen MR) is 84.3 cm³/mol. The summed E-state index contributed by atoms with van der Waals surface area (Å²) >= 11 is 0. The summed E-state index contributed by atoms with van der Waals surface area (Å²) < 4.78 is 22.2. The minimum atomic E-state index is -2.02. The van der Waals surface area contributed by atoms with Gasteiger partial charge in [0.25, 0.3) is 11.8 Å². The molecule has 0 aromatic carbocycles. The van der Waals surface area contributed by atoms with Crippen molar-refractivity contribution in [3.63, 3.8) is 0 Å². The molecule has 8 heteroatoms. The van der Waals surface area contributed by atoms with Gasteiger partial charge in [-0.1, -0.05) is 0 Å². The number of likely N-dealkylation sites (tertiary alicyclic amines) is 1. The van der Waals surface area contributed by atoms with Crippen LogP contribution >= 0.6 is 0 Å². The smallest absolute Gasteiger partial charge is 0.274 e. The lowest BCUT2D eigenvalue weighted by Crippen LogP contribution is -2.58. The maximum Gasteiger partial charge on any atom is 0.274 e. The molecule has 0 bridgehead atoms. The summed E-state index contributed by atoms with van der Waals surface area (Å²) in [6.07, 6.45) is 2.34. The van der Waals surface area contributed by atoms with Gasteiger partial charge in [-0.05, 0) is 25.8 Å². The zero-order valence-electron chi connectivity index (χ0n) is 13.9. The van der Waals surface area contributed by atoms with Gasteiger partial charge in [-0.25, -0.2) is 4.39 Å². The van der Waals surface area contributed by atoms with Crippen molar-refractivity contribution in [3.8, 4) is 0 Å². The number of halogens is 1. The van der Waals surface area contributed by atoms with Gasteiger partial charge in [-0.3, -0.25) is 14.3 Å². The molecule has 24 heavy (non-hydrogen) atoms. The first-order valence-corrected chi connectivity index (χ1v) is 8.42. The van der Waals surface area contributed by atoms with Crippen LogP contribution in [0, 0.1) is 0 Å². The molecular formula is C16H23FN4O3. The summed E-state index contributed by atoms with van der Waals surface area (Å²) in [5, 5.41) is 4.18. The highest BCUT2D eigenvalue weighted by molar-refractivity contribution is 5.93. The summed E-state index contributed by atoms with van der Waals surface area (Å²) in [5.41, 5.74) is -1.72. The Labute approximate surface area is 140 Å². The Hall–Kier alpha value is -1.96. The molecule has 0 saturated carbocycles. The van der Waals surface area contributed by atoms with Crippen molar-refractivity contribution in [1.29, 1.82) is 0 Å². The SMILES string of the molecule is CCn1ccc(C(=O)N2CCCC(F)(C(=O)N3CCOCC3)C2)n1. The van der Waals surface area contributed by atoms with E-state index in [9.17, 15) is 9.59 Å². The van der Waals surface area contributed by atoms with Gasteiger partial charge in [0.1, 0.15) is 5.69 Å². The lowest BCUT2D eigenvalue weighted by Gasteiger charge is -2.39. The zero-order chi connectivity index (χ0) is 17.2. The van der Waals surface area contributed by atoms with Crippen molar-refractivity contribution in [2.45, 2.75) is 32.0 Å². The second kappa shape index (κ2) is 6.88. The number of ether oxygens (including phenoxy) is 1. The fraction of sp³-hybridized carbons (Fsp3) is 0.688. The molecule has 1 atom stereocenters. The number of hydrogen-bond acceptors (Lipinski definition) is 4. The van der Waals surface area contributed by atoms with Gasteiger partial charge in [0.05, 0.1) is 19.8 Å². The normalized spacial score (nSPS) is 24.9. The molecule has 0 radical (unpaired) electrons. The van der Waals surface area contributed by atoms with E-state index in [0.29, 0.717) is 51.5 Å². The number of aryl methyl sites for hydroxylation is 1. The number of alkyl halides is 1. The Kier molecular flexibility index (Phi) is 4.84. The predicted octanol–water partition coefficient (Wildman–Crippen LogP) is 0.706. The van der Waals surface area contributed by atoms with Crippen molar-refractivity contribution >= 4 is 11.8 Å². The summed E-state index contributed by atoms with van der Waals surface area (Å²) in [5.74, 6) is -0.846. The molecular weight excluding hydrogens is 315 g/mol. The average molecular weight is 338 g/mol. The van der Waals surface area contributed by atoms with Gasteiger partial charge < -0.3 is 14.5 Å². The van der Waals surface area contributed by atoms with E-state index in [0.717, 1.165) is 0 Å². The van der Waals surface area contributed by atoms with Crippen molar-refractivity contribution < 1.29 is 18.7 Å². The number of nitrogens with zero attached hydrogens (tertiary/aromatic N) is 4. The molecule has 2 aliphatic heterocycles. The van der Waals surface area contributed by atoms with E-state index in [1.807, 2.05) is 6.92 Å². The highest BCUT2D eigenvalue weighted by Gasteiger charge is 2.46. The number of carbonyl (C=O) groups excluding carboxylic acids is 2. The number of aromatic nitrogens is 2. The lowest BCUT2D eigenvalue weighted by atomic mass is 9.92. The maximum absolute atomic E-state index is 15.3. The third-order valence-electron chi connectivity index (χ3n) is 4.60. The number of hydrogen-bond donors (Lipinski definition) is 0. The topological polar surface area (TPSA) is 67.7 Å². The summed E-state index contributed by atoms with van der Waals surface area (Å²) in [7, 11) is 0. The van der Waals surface area contributed by atoms with Crippen LogP contribution in [0.3, 0.4) is 0 Å². The van der Waals surface area contributed by atoms with Gasteiger partial charge in [0.15, 0.2) is 0 Å². The number of carbonyl (C=O) groups is 2. The van der Waals surface area contributed by atoms with E-state index in [1.54, 1.807) is 16.9 Å². The van der Waals surface area contributed by atoms with Crippen LogP contribution in [-0.4, -0.2) is 76.5 Å². The number of piperidine rings is 1. The van der Waals surface area contributed by atoms with Gasteiger partial charge >= 0.3 is 0 Å². The van der Waals surface area contributed by atoms with Crippen LogP contribution in [0.5, 0.6) is 0 Å². The Morgan fingerprint density at radius 1 is 1.29 bits per heavy atom. The molecule has 1 aromatic rings. The molecule has 2 aliphatic rings. The Morgan fingerprint density at radius 3 is 2.71 bits per heavy atom. The van der Waals surface area contributed by atoms with Gasteiger partial charge in [-0.15, -0.1) is 0 Å². The highest BCUT2D eigenvalue weighted by atomic mass is 19.1. The van der Waals surface area contributed by atoms with Gasteiger partial charge in [-0.2, -0.15) is 5.10 Å². The average Bonchev–Trinajstić information content (AvgIpc) is 3.10. The van der Waals surface area contributed by atoms with Crippen LogP contribution in [0.25, 0.3) is 0 Å². The largest absolute Gasteiger partial charge is 0.378 e. The van der Waals surface area contributed by atoms with E-state index < -0.39 is 11.6 Å². The number of amides is 2. The fourth-order valence-electron chi connectivity index (χ4n) is 3.22. The maximum atomic E-state index is 15.3. The second-order valence-corrected chi connectivity index (χ2v) is 6.26. The van der Waals surface area contributed by atoms with E-state index >= 15 is 4.39 Å². The first-order chi connectivity index (χ1) is 11.5. The summed E-state index contributed by atoms with van der Waals surface area (Å²) in [6, 6.07) is 1.63. The fourth-order valence-corrected chi connectivity index (χ4v) is 3.22. The van der Waals surface area contributed by atoms with Gasteiger partial charge in [0, 0.05) is 32.4 Å². The molecule has 7 nitrogen and oxygen atoms in total. The van der Waals surface area contributed by atoms with Gasteiger partial charge in [0.2, 0.25) is 5.67 Å². The first-order valence-electron chi connectivity index (χ1n) is 8.42.